The van der Waals surface area contributed by atoms with Crippen molar-refractivity contribution >= 4 is 63.0 Å². The molecule has 1 saturated carbocycles. The third kappa shape index (κ3) is 7.66. The van der Waals surface area contributed by atoms with Crippen molar-refractivity contribution in [2.24, 2.45) is 16.6 Å². The molecule has 0 atom stereocenters. The molecule has 2 heterocycles. The van der Waals surface area contributed by atoms with Gasteiger partial charge in [-0.25, -0.2) is 9.97 Å². The molecule has 9 heteroatoms. The predicted octanol–water partition coefficient (Wildman–Crippen LogP) is 5.98. The van der Waals surface area contributed by atoms with Crippen LogP contribution in [0.5, 0.6) is 0 Å². The normalized spacial score (nSPS) is 21.3. The summed E-state index contributed by atoms with van der Waals surface area (Å²) in [6.07, 6.45) is 19.1. The van der Waals surface area contributed by atoms with Crippen molar-refractivity contribution in [3.8, 4) is 0 Å². The van der Waals surface area contributed by atoms with E-state index < -0.39 is 5.41 Å². The zero-order valence-corrected chi connectivity index (χ0v) is 25.3. The first kappa shape index (κ1) is 28.9. The van der Waals surface area contributed by atoms with Gasteiger partial charge in [-0.05, 0) is 48.3 Å². The fourth-order valence-electron chi connectivity index (χ4n) is 5.53. The van der Waals surface area contributed by atoms with E-state index in [9.17, 15) is 4.79 Å². The van der Waals surface area contributed by atoms with Crippen molar-refractivity contribution in [3.05, 3.63) is 22.6 Å². The maximum atomic E-state index is 13.6. The second-order valence-electron chi connectivity index (χ2n) is 10.4. The monoisotopic (exact) mass is 708 g/mol. The van der Waals surface area contributed by atoms with Gasteiger partial charge in [0, 0.05) is 31.6 Å². The summed E-state index contributed by atoms with van der Waals surface area (Å²) < 4.78 is 4.09. The van der Waals surface area contributed by atoms with Gasteiger partial charge in [0.1, 0.15) is 12.1 Å². The Morgan fingerprint density at radius 3 is 2.11 bits per heavy atom. The average Bonchev–Trinajstić information content (AvgIpc) is 2.89. The molecule has 1 aliphatic carbocycles. The molecule has 2 aliphatic rings. The van der Waals surface area contributed by atoms with E-state index in [0.717, 1.165) is 54.0 Å². The molecule has 0 aromatic carbocycles. The molecule has 35 heavy (non-hydrogen) atoms. The summed E-state index contributed by atoms with van der Waals surface area (Å²) in [6, 6.07) is 0. The Morgan fingerprint density at radius 1 is 1.03 bits per heavy atom. The van der Waals surface area contributed by atoms with E-state index in [2.05, 4.69) is 81.8 Å². The third-order valence-corrected chi connectivity index (χ3v) is 9.64. The molecule has 0 radical (unpaired) electrons. The maximum absolute atomic E-state index is 13.6. The van der Waals surface area contributed by atoms with Crippen LogP contribution in [-0.4, -0.2) is 42.1 Å². The number of nitrogens with two attached hydrogens (primary N) is 1. The number of nitrogens with zero attached hydrogens (tertiary/aromatic N) is 3. The van der Waals surface area contributed by atoms with E-state index in [-0.39, 0.29) is 11.3 Å². The molecule has 2 fully saturated rings. The Hall–Kier alpha value is -0.690. The molecule has 7 nitrogen and oxygen atoms in total. The number of rotatable bonds is 7. The summed E-state index contributed by atoms with van der Waals surface area (Å²) in [4.78, 5) is 24.6. The SMILES string of the molecule is C=CC1(CNC(=O)C2(CN)CCN(c3ncnc(NI)c3I)CC2)CCCCCCCCCCC1. The average molecular weight is 708 g/mol. The number of hydrogen-bond donors (Lipinski definition) is 3. The summed E-state index contributed by atoms with van der Waals surface area (Å²) in [5, 5.41) is 3.36. The van der Waals surface area contributed by atoms with Gasteiger partial charge in [-0.15, -0.1) is 6.58 Å². The molecular weight excluding hydrogens is 666 g/mol. The van der Waals surface area contributed by atoms with Crippen molar-refractivity contribution in [2.45, 2.75) is 83.5 Å². The maximum Gasteiger partial charge on any atom is 0.227 e. The number of piperidine rings is 1. The lowest BCUT2D eigenvalue weighted by molar-refractivity contribution is -0.132. The van der Waals surface area contributed by atoms with Crippen LogP contribution in [0.4, 0.5) is 11.6 Å². The van der Waals surface area contributed by atoms with E-state index in [1.165, 1.54) is 57.8 Å². The highest BCUT2D eigenvalue weighted by Crippen LogP contribution is 2.37. The summed E-state index contributed by atoms with van der Waals surface area (Å²) >= 11 is 4.38. The number of carbonyl (C=O) groups excluding carboxylic acids is 1. The topological polar surface area (TPSA) is 96.2 Å². The Kier molecular flexibility index (Phi) is 11.8. The quantitative estimate of drug-likeness (QED) is 0.183. The van der Waals surface area contributed by atoms with Gasteiger partial charge in [0.15, 0.2) is 5.82 Å². The van der Waals surface area contributed by atoms with Gasteiger partial charge in [-0.1, -0.05) is 63.9 Å². The Balaban J connectivity index is 1.62. The van der Waals surface area contributed by atoms with E-state index in [1.54, 1.807) is 6.33 Å². The second-order valence-corrected chi connectivity index (χ2v) is 12.0. The van der Waals surface area contributed by atoms with Crippen LogP contribution in [0.25, 0.3) is 0 Å². The number of amides is 1. The van der Waals surface area contributed by atoms with Crippen LogP contribution in [0.15, 0.2) is 19.0 Å². The van der Waals surface area contributed by atoms with E-state index in [4.69, 9.17) is 5.73 Å². The number of halogens is 2. The molecule has 1 aliphatic heterocycles. The first-order valence-electron chi connectivity index (χ1n) is 13.2. The van der Waals surface area contributed by atoms with E-state index >= 15 is 0 Å². The predicted molar refractivity (Wildman–Crippen MR) is 162 cm³/mol. The number of hydrogen-bond acceptors (Lipinski definition) is 6. The van der Waals surface area contributed by atoms with Crippen molar-refractivity contribution in [2.75, 3.05) is 34.6 Å². The van der Waals surface area contributed by atoms with E-state index in [1.807, 2.05) is 0 Å². The molecule has 196 valence electrons. The molecule has 4 N–H and O–H groups in total. The smallest absolute Gasteiger partial charge is 0.227 e. The van der Waals surface area contributed by atoms with Crippen LogP contribution in [0.1, 0.15) is 83.5 Å². The standard InChI is InChI=1S/C26H42I2N6O/c1-2-25(12-10-8-6-4-3-5-7-9-11-13-25)19-30-24(35)26(18-29)14-16-34(17-15-26)23-21(27)22(33-28)31-20-32-23/h2,20H,1,3-19,29H2,(H,30,35)(H,31,32,33). The van der Waals surface area contributed by atoms with Crippen LogP contribution in [-0.2, 0) is 4.79 Å². The van der Waals surface area contributed by atoms with Gasteiger partial charge < -0.3 is 19.5 Å². The number of carbonyl (C=O) groups is 1. The van der Waals surface area contributed by atoms with E-state index in [0.29, 0.717) is 13.1 Å². The van der Waals surface area contributed by atoms with Gasteiger partial charge in [0.05, 0.1) is 31.8 Å². The van der Waals surface area contributed by atoms with Crippen LogP contribution < -0.4 is 19.5 Å². The second kappa shape index (κ2) is 14.3. The summed E-state index contributed by atoms with van der Waals surface area (Å²) in [5.41, 5.74) is 5.72. The lowest BCUT2D eigenvalue weighted by Crippen LogP contribution is -2.54. The lowest BCUT2D eigenvalue weighted by Gasteiger charge is -2.41. The summed E-state index contributed by atoms with van der Waals surface area (Å²) in [5.74, 6) is 1.85. The zero-order chi connectivity index (χ0) is 25.2. The molecule has 0 unspecified atom stereocenters. The summed E-state index contributed by atoms with van der Waals surface area (Å²) in [7, 11) is 0. The molecule has 0 bridgehead atoms. The van der Waals surface area contributed by atoms with Gasteiger partial charge in [-0.3, -0.25) is 4.79 Å². The zero-order valence-electron chi connectivity index (χ0n) is 21.0. The minimum Gasteiger partial charge on any atom is -0.356 e. The number of nitrogens with one attached hydrogen (secondary N) is 2. The van der Waals surface area contributed by atoms with Gasteiger partial charge in [0.25, 0.3) is 0 Å². The molecule has 3 rings (SSSR count). The Bertz CT molecular complexity index is 816. The minimum atomic E-state index is -0.521. The Morgan fingerprint density at radius 2 is 1.60 bits per heavy atom. The van der Waals surface area contributed by atoms with Crippen molar-refractivity contribution in [3.63, 3.8) is 0 Å². The van der Waals surface area contributed by atoms with Crippen LogP contribution >= 0.6 is 45.5 Å². The van der Waals surface area contributed by atoms with Crippen LogP contribution in [0, 0.1) is 14.4 Å². The largest absolute Gasteiger partial charge is 0.356 e. The summed E-state index contributed by atoms with van der Waals surface area (Å²) in [6.45, 7) is 6.77. The van der Waals surface area contributed by atoms with Gasteiger partial charge >= 0.3 is 0 Å². The van der Waals surface area contributed by atoms with Crippen LogP contribution in [0.3, 0.4) is 0 Å². The fraction of sp³-hybridized carbons (Fsp3) is 0.731. The van der Waals surface area contributed by atoms with Gasteiger partial charge in [-0.2, -0.15) is 0 Å². The van der Waals surface area contributed by atoms with Crippen molar-refractivity contribution < 1.29 is 4.79 Å². The molecular formula is C26H42I2N6O. The minimum absolute atomic E-state index is 0.00867. The lowest BCUT2D eigenvalue weighted by atomic mass is 9.75. The van der Waals surface area contributed by atoms with Crippen molar-refractivity contribution in [1.29, 1.82) is 0 Å². The fourth-order valence-corrected chi connectivity index (χ4v) is 7.21. The Labute approximate surface area is 238 Å². The number of aromatic nitrogens is 2. The first-order valence-corrected chi connectivity index (χ1v) is 15.4. The first-order chi connectivity index (χ1) is 17.0. The molecule has 1 saturated heterocycles. The van der Waals surface area contributed by atoms with Crippen molar-refractivity contribution in [1.82, 2.24) is 15.3 Å². The molecule has 1 aromatic rings. The van der Waals surface area contributed by atoms with Crippen LogP contribution in [0.2, 0.25) is 0 Å². The number of anilines is 2. The molecule has 1 aromatic heterocycles. The van der Waals surface area contributed by atoms with Gasteiger partial charge in [0.2, 0.25) is 5.91 Å². The molecule has 0 spiro atoms. The highest BCUT2D eigenvalue weighted by molar-refractivity contribution is 14.1. The highest BCUT2D eigenvalue weighted by atomic mass is 127. The highest BCUT2D eigenvalue weighted by Gasteiger charge is 2.41. The third-order valence-electron chi connectivity index (χ3n) is 8.14. The molecule has 1 amide bonds.